The first-order valence-corrected chi connectivity index (χ1v) is 10.7. The fourth-order valence-corrected chi connectivity index (χ4v) is 3.77. The minimum absolute atomic E-state index is 0.207. The van der Waals surface area contributed by atoms with Crippen LogP contribution in [0.5, 0.6) is 5.75 Å². The molecule has 0 fully saturated rings. The number of methoxy groups -OCH3 is 1. The van der Waals surface area contributed by atoms with E-state index >= 15 is 0 Å². The van der Waals surface area contributed by atoms with Crippen LogP contribution in [0.1, 0.15) is 27.5 Å². The smallest absolute Gasteiger partial charge is 0.258 e. The molecule has 5 rings (SSSR count). The van der Waals surface area contributed by atoms with Gasteiger partial charge in [0.05, 0.1) is 7.11 Å². The summed E-state index contributed by atoms with van der Waals surface area (Å²) in [6.45, 7) is 0. The summed E-state index contributed by atoms with van der Waals surface area (Å²) in [7, 11) is 1.64. The van der Waals surface area contributed by atoms with Crippen molar-refractivity contribution in [2.75, 3.05) is 17.7 Å². The molecule has 1 unspecified atom stereocenters. The highest BCUT2D eigenvalue weighted by atomic mass is 35.5. The van der Waals surface area contributed by atoms with Crippen LogP contribution in [0.25, 0.3) is 5.70 Å². The number of fused-ring (bicyclic) bond motifs is 1. The van der Waals surface area contributed by atoms with Crippen LogP contribution >= 0.6 is 11.6 Å². The third kappa shape index (κ3) is 4.31. The van der Waals surface area contributed by atoms with Gasteiger partial charge >= 0.3 is 0 Å². The van der Waals surface area contributed by atoms with Gasteiger partial charge in [-0.3, -0.25) is 10.1 Å². The summed E-state index contributed by atoms with van der Waals surface area (Å²) < 4.78 is 7.05. The van der Waals surface area contributed by atoms with Crippen LogP contribution in [-0.2, 0) is 0 Å². The monoisotopic (exact) mass is 457 g/mol. The first-order valence-electron chi connectivity index (χ1n) is 10.3. The van der Waals surface area contributed by atoms with E-state index in [1.165, 1.54) is 0 Å². The van der Waals surface area contributed by atoms with Gasteiger partial charge in [-0.05, 0) is 53.6 Å². The van der Waals surface area contributed by atoms with E-state index in [0.29, 0.717) is 16.5 Å². The fraction of sp³-hybridized carbons (Fsp3) is 0.0800. The van der Waals surface area contributed by atoms with E-state index in [1.807, 2.05) is 54.6 Å². The number of hydrogen-bond donors (Lipinski definition) is 2. The number of carbonyl (C=O) groups excluding carboxylic acids is 1. The van der Waals surface area contributed by atoms with E-state index in [9.17, 15) is 4.79 Å². The Morgan fingerprint density at radius 1 is 1.03 bits per heavy atom. The maximum atomic E-state index is 12.7. The number of nitrogens with one attached hydrogen (secondary N) is 2. The van der Waals surface area contributed by atoms with Crippen molar-refractivity contribution in [2.45, 2.75) is 6.04 Å². The summed E-state index contributed by atoms with van der Waals surface area (Å²) in [6.07, 6.45) is 2.09. The Bertz CT molecular complexity index is 1320. The number of rotatable bonds is 5. The Hall–Kier alpha value is -4.10. The van der Waals surface area contributed by atoms with Gasteiger partial charge in [0.2, 0.25) is 5.95 Å². The zero-order valence-electron chi connectivity index (χ0n) is 17.7. The summed E-state index contributed by atoms with van der Waals surface area (Å²) in [6, 6.07) is 24.2. The molecular formula is C25H20ClN5O2. The number of halogens is 1. The SMILES string of the molecule is COc1ccc(C2C=C(c3ccccc3)Nc3nc(NC(=O)c4ccc(Cl)cc4)nn32)cc1. The number of aromatic nitrogens is 3. The van der Waals surface area contributed by atoms with Crippen molar-refractivity contribution in [2.24, 2.45) is 0 Å². The number of allylic oxidation sites excluding steroid dienone is 1. The average Bonchev–Trinajstić information content (AvgIpc) is 3.26. The van der Waals surface area contributed by atoms with Gasteiger partial charge in [0.1, 0.15) is 11.8 Å². The van der Waals surface area contributed by atoms with E-state index in [2.05, 4.69) is 26.8 Å². The van der Waals surface area contributed by atoms with E-state index < -0.39 is 0 Å². The number of anilines is 2. The van der Waals surface area contributed by atoms with Crippen molar-refractivity contribution in [1.29, 1.82) is 0 Å². The maximum Gasteiger partial charge on any atom is 0.258 e. The maximum absolute atomic E-state index is 12.7. The molecule has 1 aliphatic rings. The number of carbonyl (C=O) groups is 1. The zero-order chi connectivity index (χ0) is 22.8. The molecular weight excluding hydrogens is 438 g/mol. The quantitative estimate of drug-likeness (QED) is 0.428. The Balaban J connectivity index is 1.49. The third-order valence-corrected chi connectivity index (χ3v) is 5.59. The van der Waals surface area contributed by atoms with Crippen LogP contribution in [0.2, 0.25) is 5.02 Å². The molecule has 0 aliphatic carbocycles. The van der Waals surface area contributed by atoms with Crippen LogP contribution in [0, 0.1) is 0 Å². The molecule has 0 saturated carbocycles. The van der Waals surface area contributed by atoms with Gasteiger partial charge < -0.3 is 10.1 Å². The molecule has 8 heteroatoms. The second-order valence-corrected chi connectivity index (χ2v) is 7.89. The highest BCUT2D eigenvalue weighted by Crippen LogP contribution is 2.33. The Labute approximate surface area is 195 Å². The molecule has 1 amide bonds. The lowest BCUT2D eigenvalue weighted by Gasteiger charge is -2.24. The highest BCUT2D eigenvalue weighted by Gasteiger charge is 2.26. The van der Waals surface area contributed by atoms with Gasteiger partial charge in [-0.25, -0.2) is 4.68 Å². The molecule has 3 aromatic carbocycles. The van der Waals surface area contributed by atoms with Crippen LogP contribution in [0.4, 0.5) is 11.9 Å². The number of amides is 1. The Morgan fingerprint density at radius 2 is 1.76 bits per heavy atom. The van der Waals surface area contributed by atoms with Crippen molar-refractivity contribution < 1.29 is 9.53 Å². The first-order chi connectivity index (χ1) is 16.1. The minimum atomic E-state index is -0.313. The van der Waals surface area contributed by atoms with Gasteiger partial charge in [0.25, 0.3) is 11.9 Å². The van der Waals surface area contributed by atoms with E-state index in [1.54, 1.807) is 36.1 Å². The van der Waals surface area contributed by atoms with Crippen LogP contribution < -0.4 is 15.4 Å². The lowest BCUT2D eigenvalue weighted by Crippen LogP contribution is -2.20. The topological polar surface area (TPSA) is 81.1 Å². The molecule has 33 heavy (non-hydrogen) atoms. The highest BCUT2D eigenvalue weighted by molar-refractivity contribution is 6.30. The summed E-state index contributed by atoms with van der Waals surface area (Å²) >= 11 is 5.92. The van der Waals surface area contributed by atoms with Crippen LogP contribution in [0.3, 0.4) is 0 Å². The van der Waals surface area contributed by atoms with Gasteiger partial charge in [0, 0.05) is 16.3 Å². The third-order valence-electron chi connectivity index (χ3n) is 5.34. The van der Waals surface area contributed by atoms with Crippen molar-refractivity contribution in [3.05, 3.63) is 107 Å². The number of nitrogens with zero attached hydrogens (tertiary/aromatic N) is 3. The first kappa shape index (κ1) is 20.8. The summed E-state index contributed by atoms with van der Waals surface area (Å²) in [5, 5.41) is 11.2. The molecule has 164 valence electrons. The predicted octanol–water partition coefficient (Wildman–Crippen LogP) is 5.25. The number of hydrogen-bond acceptors (Lipinski definition) is 5. The normalized spacial score (nSPS) is 14.6. The lowest BCUT2D eigenvalue weighted by molar-refractivity contribution is 0.102. The molecule has 0 radical (unpaired) electrons. The molecule has 1 aromatic heterocycles. The Kier molecular flexibility index (Phi) is 5.54. The van der Waals surface area contributed by atoms with E-state index in [-0.39, 0.29) is 17.9 Å². The standard InChI is InChI=1S/C25H20ClN5O2/c1-33-20-13-9-17(10-14-20)22-15-21(16-5-3-2-4-6-16)27-25-29-24(30-31(22)25)28-23(32)18-7-11-19(26)12-8-18/h2-15,22H,1H3,(H2,27,28,29,30,32). The second kappa shape index (κ2) is 8.80. The van der Waals surface area contributed by atoms with Gasteiger partial charge in [-0.2, -0.15) is 4.98 Å². The van der Waals surface area contributed by atoms with Crippen LogP contribution in [-0.4, -0.2) is 27.8 Å². The molecule has 2 N–H and O–H groups in total. The summed E-state index contributed by atoms with van der Waals surface area (Å²) in [4.78, 5) is 17.2. The molecule has 2 heterocycles. The van der Waals surface area contributed by atoms with Crippen molar-refractivity contribution in [3.8, 4) is 5.75 Å². The molecule has 1 aliphatic heterocycles. The average molecular weight is 458 g/mol. The lowest BCUT2D eigenvalue weighted by atomic mass is 10.0. The number of benzene rings is 3. The number of ether oxygens (including phenoxy) is 1. The molecule has 0 spiro atoms. The second-order valence-electron chi connectivity index (χ2n) is 7.45. The molecule has 4 aromatic rings. The fourth-order valence-electron chi connectivity index (χ4n) is 3.65. The molecule has 7 nitrogen and oxygen atoms in total. The largest absolute Gasteiger partial charge is 0.497 e. The molecule has 0 saturated heterocycles. The summed E-state index contributed by atoms with van der Waals surface area (Å²) in [5.74, 6) is 1.20. The van der Waals surface area contributed by atoms with E-state index in [0.717, 1.165) is 22.6 Å². The summed E-state index contributed by atoms with van der Waals surface area (Å²) in [5.41, 5.74) is 3.41. The van der Waals surface area contributed by atoms with Gasteiger partial charge in [-0.1, -0.05) is 54.1 Å². The zero-order valence-corrected chi connectivity index (χ0v) is 18.5. The molecule has 1 atom stereocenters. The predicted molar refractivity (Wildman–Crippen MR) is 129 cm³/mol. The van der Waals surface area contributed by atoms with Crippen LogP contribution in [0.15, 0.2) is 84.9 Å². The van der Waals surface area contributed by atoms with Gasteiger partial charge in [-0.15, -0.1) is 5.10 Å². The molecule has 0 bridgehead atoms. The van der Waals surface area contributed by atoms with Crippen molar-refractivity contribution >= 4 is 35.1 Å². The van der Waals surface area contributed by atoms with E-state index in [4.69, 9.17) is 16.3 Å². The Morgan fingerprint density at radius 3 is 2.45 bits per heavy atom. The van der Waals surface area contributed by atoms with Gasteiger partial charge in [0.15, 0.2) is 0 Å². The minimum Gasteiger partial charge on any atom is -0.497 e. The van der Waals surface area contributed by atoms with Crippen molar-refractivity contribution in [1.82, 2.24) is 14.8 Å². The van der Waals surface area contributed by atoms with Crippen molar-refractivity contribution in [3.63, 3.8) is 0 Å².